The Bertz CT molecular complexity index is 1140. The van der Waals surface area contributed by atoms with Crippen LogP contribution in [-0.4, -0.2) is 15.8 Å². The maximum atomic E-state index is 12.6. The van der Waals surface area contributed by atoms with E-state index in [1.165, 1.54) is 4.68 Å². The maximum Gasteiger partial charge on any atom is 0.345 e. The summed E-state index contributed by atoms with van der Waals surface area (Å²) in [5.41, 5.74) is 0.766. The van der Waals surface area contributed by atoms with Gasteiger partial charge in [-0.1, -0.05) is 48.0 Å². The van der Waals surface area contributed by atoms with Crippen LogP contribution in [0.5, 0.6) is 0 Å². The molecule has 0 aliphatic carbocycles. The zero-order valence-electron chi connectivity index (χ0n) is 12.4. The van der Waals surface area contributed by atoms with E-state index in [2.05, 4.69) is 10.4 Å². The molecule has 0 unspecified atom stereocenters. The highest BCUT2D eigenvalue weighted by molar-refractivity contribution is 6.31. The molecule has 1 amide bonds. The van der Waals surface area contributed by atoms with E-state index >= 15 is 0 Å². The van der Waals surface area contributed by atoms with E-state index in [1.54, 1.807) is 18.2 Å². The summed E-state index contributed by atoms with van der Waals surface area (Å²) in [6.07, 6.45) is 0. The molecule has 0 radical (unpaired) electrons. The molecule has 0 saturated heterocycles. The number of amides is 1. The summed E-state index contributed by atoms with van der Waals surface area (Å²) in [5.74, 6) is 0. The van der Waals surface area contributed by atoms with Gasteiger partial charge in [-0.05, 0) is 29.7 Å². The van der Waals surface area contributed by atoms with Crippen molar-refractivity contribution in [3.63, 3.8) is 0 Å². The van der Waals surface area contributed by atoms with Gasteiger partial charge in [-0.25, -0.2) is 9.48 Å². The molecule has 118 valence electrons. The van der Waals surface area contributed by atoms with E-state index in [0.717, 1.165) is 10.8 Å². The molecule has 0 aliphatic heterocycles. The van der Waals surface area contributed by atoms with Gasteiger partial charge in [0.05, 0.1) is 16.6 Å². The van der Waals surface area contributed by atoms with E-state index in [1.807, 2.05) is 42.5 Å². The minimum absolute atomic E-state index is 0.338. The van der Waals surface area contributed by atoms with Crippen molar-refractivity contribution in [2.75, 3.05) is 5.32 Å². The van der Waals surface area contributed by atoms with Gasteiger partial charge in [0.2, 0.25) is 0 Å². The zero-order valence-corrected chi connectivity index (χ0v) is 13.2. The van der Waals surface area contributed by atoms with Gasteiger partial charge in [0, 0.05) is 10.4 Å². The highest BCUT2D eigenvalue weighted by Gasteiger charge is 2.14. The minimum atomic E-state index is -0.458. The first kappa shape index (κ1) is 14.5. The number of anilines is 1. The number of carbonyl (C=O) groups excluding carboxylic acids is 1. The zero-order chi connectivity index (χ0) is 16.7. The summed E-state index contributed by atoms with van der Waals surface area (Å²) in [6, 6.07) is 17.7. The van der Waals surface area contributed by atoms with Crippen LogP contribution in [0.25, 0.3) is 21.7 Å². The molecule has 3 aromatic carbocycles. The average molecular weight is 338 g/mol. The quantitative estimate of drug-likeness (QED) is 0.546. The molecule has 0 bridgehead atoms. The second-order valence-electron chi connectivity index (χ2n) is 5.39. The third-order valence-electron chi connectivity index (χ3n) is 3.89. The first-order chi connectivity index (χ1) is 11.6. The molecule has 0 saturated carbocycles. The van der Waals surface area contributed by atoms with E-state index < -0.39 is 6.03 Å². The smallest absolute Gasteiger partial charge is 0.305 e. The third-order valence-corrected chi connectivity index (χ3v) is 4.13. The van der Waals surface area contributed by atoms with Crippen LogP contribution in [0.3, 0.4) is 0 Å². The fourth-order valence-corrected chi connectivity index (χ4v) is 2.94. The number of rotatable bonds is 1. The van der Waals surface area contributed by atoms with Crippen LogP contribution in [0.2, 0.25) is 5.02 Å². The van der Waals surface area contributed by atoms with Gasteiger partial charge in [-0.3, -0.25) is 9.89 Å². The number of H-pyrrole nitrogens is 1. The maximum absolute atomic E-state index is 12.6. The van der Waals surface area contributed by atoms with Gasteiger partial charge in [0.25, 0.3) is 5.56 Å². The number of benzene rings is 3. The molecule has 4 aromatic rings. The lowest BCUT2D eigenvalue weighted by molar-refractivity contribution is 0.251. The second-order valence-corrected chi connectivity index (χ2v) is 5.83. The van der Waals surface area contributed by atoms with Gasteiger partial charge in [0.15, 0.2) is 0 Å². The van der Waals surface area contributed by atoms with Gasteiger partial charge in [-0.15, -0.1) is 0 Å². The normalized spacial score (nSPS) is 11.0. The molecule has 4 rings (SSSR count). The number of hydrogen-bond acceptors (Lipinski definition) is 2. The molecule has 1 heterocycles. The van der Waals surface area contributed by atoms with Crippen molar-refractivity contribution in [1.82, 2.24) is 9.78 Å². The van der Waals surface area contributed by atoms with Crippen molar-refractivity contribution in [3.05, 3.63) is 76.0 Å². The van der Waals surface area contributed by atoms with Crippen molar-refractivity contribution < 1.29 is 4.79 Å². The number of aromatic amines is 1. The molecule has 6 heteroatoms. The van der Waals surface area contributed by atoms with E-state index in [4.69, 9.17) is 11.6 Å². The number of fused-ring (bicyclic) bond motifs is 2. The Morgan fingerprint density at radius 3 is 2.67 bits per heavy atom. The summed E-state index contributed by atoms with van der Waals surface area (Å²) in [5, 5.41) is 8.18. The van der Waals surface area contributed by atoms with Gasteiger partial charge < -0.3 is 5.32 Å². The fourth-order valence-electron chi connectivity index (χ4n) is 2.77. The van der Waals surface area contributed by atoms with Gasteiger partial charge >= 0.3 is 6.03 Å². The van der Waals surface area contributed by atoms with Crippen LogP contribution in [0.1, 0.15) is 0 Å². The van der Waals surface area contributed by atoms with E-state index in [-0.39, 0.29) is 5.56 Å². The number of nitrogens with zero attached hydrogens (tertiary/aromatic N) is 1. The van der Waals surface area contributed by atoms with Crippen molar-refractivity contribution >= 4 is 45.0 Å². The fraction of sp³-hybridized carbons (Fsp3) is 0. The number of nitrogens with one attached hydrogen (secondary N) is 2. The summed E-state index contributed by atoms with van der Waals surface area (Å²) in [6.45, 7) is 0. The largest absolute Gasteiger partial charge is 0.345 e. The summed E-state index contributed by atoms with van der Waals surface area (Å²) >= 11 is 5.98. The van der Waals surface area contributed by atoms with Crippen molar-refractivity contribution in [3.8, 4) is 0 Å². The standard InChI is InChI=1S/C18H12ClN3O2/c19-12-8-9-14-16(10-12)22(21-17(14)23)18(24)20-15-7-3-5-11-4-1-2-6-13(11)15/h1-10H,(H,20,24)(H,21,23). The average Bonchev–Trinajstić information content (AvgIpc) is 2.91. The molecular formula is C18H12ClN3O2. The van der Waals surface area contributed by atoms with Crippen LogP contribution < -0.4 is 10.9 Å². The predicted molar refractivity (Wildman–Crippen MR) is 95.9 cm³/mol. The Morgan fingerprint density at radius 1 is 1.00 bits per heavy atom. The number of aromatic nitrogens is 2. The first-order valence-corrected chi connectivity index (χ1v) is 7.71. The molecule has 0 aliphatic rings. The minimum Gasteiger partial charge on any atom is -0.305 e. The Balaban J connectivity index is 1.80. The highest BCUT2D eigenvalue weighted by atomic mass is 35.5. The number of halogens is 1. The predicted octanol–water partition coefficient (Wildman–Crippen LogP) is 4.22. The van der Waals surface area contributed by atoms with E-state index in [9.17, 15) is 9.59 Å². The van der Waals surface area contributed by atoms with Crippen LogP contribution in [-0.2, 0) is 0 Å². The topological polar surface area (TPSA) is 66.9 Å². The van der Waals surface area contributed by atoms with E-state index in [0.29, 0.717) is 21.6 Å². The lowest BCUT2D eigenvalue weighted by Gasteiger charge is -2.09. The number of hydrogen-bond donors (Lipinski definition) is 2. The van der Waals surface area contributed by atoms with Crippen LogP contribution in [0.15, 0.2) is 65.5 Å². The highest BCUT2D eigenvalue weighted by Crippen LogP contribution is 2.23. The molecule has 24 heavy (non-hydrogen) atoms. The Morgan fingerprint density at radius 2 is 1.79 bits per heavy atom. The molecule has 0 atom stereocenters. The molecule has 0 spiro atoms. The van der Waals surface area contributed by atoms with Crippen molar-refractivity contribution in [2.24, 2.45) is 0 Å². The molecule has 5 nitrogen and oxygen atoms in total. The monoisotopic (exact) mass is 337 g/mol. The summed E-state index contributed by atoms with van der Waals surface area (Å²) < 4.78 is 1.17. The summed E-state index contributed by atoms with van der Waals surface area (Å²) in [4.78, 5) is 24.6. The SMILES string of the molecule is O=C(Nc1cccc2ccccc12)n1[nH]c(=O)c2ccc(Cl)cc21. The lowest BCUT2D eigenvalue weighted by atomic mass is 10.1. The molecule has 0 fully saturated rings. The molecule has 1 aromatic heterocycles. The van der Waals surface area contributed by atoms with Crippen molar-refractivity contribution in [2.45, 2.75) is 0 Å². The van der Waals surface area contributed by atoms with Gasteiger partial charge in [0.1, 0.15) is 0 Å². The Hall–Kier alpha value is -3.05. The van der Waals surface area contributed by atoms with Crippen LogP contribution >= 0.6 is 11.6 Å². The second kappa shape index (κ2) is 5.54. The molecular weight excluding hydrogens is 326 g/mol. The third kappa shape index (κ3) is 2.35. The summed E-state index contributed by atoms with van der Waals surface area (Å²) in [7, 11) is 0. The van der Waals surface area contributed by atoms with Gasteiger partial charge in [-0.2, -0.15) is 0 Å². The first-order valence-electron chi connectivity index (χ1n) is 7.33. The Kier molecular flexibility index (Phi) is 3.36. The van der Waals surface area contributed by atoms with Crippen LogP contribution in [0.4, 0.5) is 10.5 Å². The number of carbonyl (C=O) groups is 1. The Labute approximate surface area is 141 Å². The molecule has 2 N–H and O–H groups in total. The lowest BCUT2D eigenvalue weighted by Crippen LogP contribution is -2.22. The van der Waals surface area contributed by atoms with Crippen LogP contribution in [0, 0.1) is 0 Å². The van der Waals surface area contributed by atoms with Crippen molar-refractivity contribution in [1.29, 1.82) is 0 Å².